The largest absolute Gasteiger partial charge is 0.491 e. The second-order valence-electron chi connectivity index (χ2n) is 8.71. The Bertz CT molecular complexity index is 1130. The van der Waals surface area contributed by atoms with Gasteiger partial charge in [0.1, 0.15) is 35.3 Å². The van der Waals surface area contributed by atoms with Gasteiger partial charge in [-0.3, -0.25) is 10.00 Å². The van der Waals surface area contributed by atoms with Crippen molar-refractivity contribution in [2.75, 3.05) is 11.9 Å². The molecule has 0 atom stereocenters. The lowest BCUT2D eigenvalue weighted by Gasteiger charge is -2.19. The van der Waals surface area contributed by atoms with Gasteiger partial charge in [0, 0.05) is 24.4 Å². The number of ether oxygens (including phenoxy) is 2. The molecule has 1 amide bonds. The molecule has 0 unspecified atom stereocenters. The van der Waals surface area contributed by atoms with Crippen LogP contribution in [0.3, 0.4) is 0 Å². The lowest BCUT2D eigenvalue weighted by Crippen LogP contribution is -2.27. The van der Waals surface area contributed by atoms with Gasteiger partial charge in [0.05, 0.1) is 17.8 Å². The summed E-state index contributed by atoms with van der Waals surface area (Å²) in [6.45, 7) is 10.4. The van der Waals surface area contributed by atoms with Crippen molar-refractivity contribution in [2.24, 2.45) is 0 Å². The molecule has 1 aliphatic heterocycles. The fourth-order valence-corrected chi connectivity index (χ4v) is 3.43. The number of aromatic nitrogens is 4. The number of hydrogen-bond donors (Lipinski definition) is 1. The van der Waals surface area contributed by atoms with Crippen molar-refractivity contribution in [1.82, 2.24) is 19.3 Å². The molecule has 0 saturated carbocycles. The summed E-state index contributed by atoms with van der Waals surface area (Å²) in [5, 5.41) is 7.21. The quantitative estimate of drug-likeness (QED) is 0.645. The topological polar surface area (TPSA) is 83.2 Å². The Labute approximate surface area is 180 Å². The number of imidazole rings is 1. The first kappa shape index (κ1) is 20.9. The SMILES string of the molecule is CC(C)n1nc(NC(=O)OC(C)(C)C)cc1-c1cn2c(n1)-c1ccc(F)cc1OCC2. The number of hydrogen-bond acceptors (Lipinski definition) is 5. The minimum Gasteiger partial charge on any atom is -0.491 e. The molecule has 31 heavy (non-hydrogen) atoms. The molecule has 2 aromatic heterocycles. The molecule has 3 aromatic rings. The highest BCUT2D eigenvalue weighted by molar-refractivity contribution is 5.84. The summed E-state index contributed by atoms with van der Waals surface area (Å²) in [6.07, 6.45) is 1.35. The van der Waals surface area contributed by atoms with Gasteiger partial charge in [-0.15, -0.1) is 0 Å². The second kappa shape index (κ2) is 7.72. The minimum absolute atomic E-state index is 0.0374. The van der Waals surface area contributed by atoms with Crippen LogP contribution in [0.2, 0.25) is 0 Å². The Morgan fingerprint density at radius 1 is 1.29 bits per heavy atom. The predicted octanol–water partition coefficient (Wildman–Crippen LogP) is 4.87. The van der Waals surface area contributed by atoms with Crippen molar-refractivity contribution >= 4 is 11.9 Å². The Balaban J connectivity index is 1.71. The molecule has 164 valence electrons. The van der Waals surface area contributed by atoms with E-state index in [9.17, 15) is 9.18 Å². The third-order valence-electron chi connectivity index (χ3n) is 4.67. The van der Waals surface area contributed by atoms with Crippen LogP contribution in [0.15, 0.2) is 30.5 Å². The molecule has 1 aliphatic rings. The minimum atomic E-state index is -0.607. The molecule has 9 heteroatoms. The monoisotopic (exact) mass is 427 g/mol. The van der Waals surface area contributed by atoms with Crippen molar-refractivity contribution in [3.05, 3.63) is 36.3 Å². The maximum absolute atomic E-state index is 13.7. The van der Waals surface area contributed by atoms with Gasteiger partial charge >= 0.3 is 6.09 Å². The van der Waals surface area contributed by atoms with E-state index in [1.54, 1.807) is 37.6 Å². The van der Waals surface area contributed by atoms with Crippen LogP contribution in [0.25, 0.3) is 22.8 Å². The standard InChI is InChI=1S/C22H26FN5O3/c1-13(2)28-17(11-19(26-28)25-21(29)31-22(3,4)5)16-12-27-8-9-30-18-10-14(23)6-7-15(18)20(27)24-16/h6-7,10-13H,8-9H2,1-5H3,(H,25,26,29). The normalized spacial score (nSPS) is 13.3. The summed E-state index contributed by atoms with van der Waals surface area (Å²) in [7, 11) is 0. The fraction of sp³-hybridized carbons (Fsp3) is 0.409. The van der Waals surface area contributed by atoms with E-state index in [-0.39, 0.29) is 11.9 Å². The number of benzene rings is 1. The maximum atomic E-state index is 13.7. The Morgan fingerprint density at radius 3 is 2.77 bits per heavy atom. The highest BCUT2D eigenvalue weighted by atomic mass is 19.1. The van der Waals surface area contributed by atoms with Gasteiger partial charge in [0.25, 0.3) is 0 Å². The molecular formula is C22H26FN5O3. The first-order valence-electron chi connectivity index (χ1n) is 10.2. The van der Waals surface area contributed by atoms with Crippen LogP contribution in [0.4, 0.5) is 15.0 Å². The van der Waals surface area contributed by atoms with Gasteiger partial charge < -0.3 is 14.0 Å². The number of nitrogens with one attached hydrogen (secondary N) is 1. The van der Waals surface area contributed by atoms with Crippen LogP contribution in [-0.4, -0.2) is 37.6 Å². The van der Waals surface area contributed by atoms with Crippen LogP contribution in [-0.2, 0) is 11.3 Å². The van der Waals surface area contributed by atoms with E-state index in [0.717, 1.165) is 11.3 Å². The summed E-state index contributed by atoms with van der Waals surface area (Å²) in [6, 6.07) is 6.26. The van der Waals surface area contributed by atoms with E-state index < -0.39 is 11.7 Å². The summed E-state index contributed by atoms with van der Waals surface area (Å²) in [4.78, 5) is 17.0. The van der Waals surface area contributed by atoms with Crippen molar-refractivity contribution in [1.29, 1.82) is 0 Å². The zero-order chi connectivity index (χ0) is 22.3. The third-order valence-corrected chi connectivity index (χ3v) is 4.67. The number of amides is 1. The van der Waals surface area contributed by atoms with Crippen molar-refractivity contribution in [2.45, 2.75) is 52.8 Å². The molecule has 0 aliphatic carbocycles. The highest BCUT2D eigenvalue weighted by Gasteiger charge is 2.23. The van der Waals surface area contributed by atoms with Gasteiger partial charge in [-0.05, 0) is 46.8 Å². The molecule has 0 radical (unpaired) electrons. The zero-order valence-corrected chi connectivity index (χ0v) is 18.3. The smallest absolute Gasteiger partial charge is 0.413 e. The number of carbonyl (C=O) groups is 1. The summed E-state index contributed by atoms with van der Waals surface area (Å²) < 4.78 is 28.5. The van der Waals surface area contributed by atoms with E-state index in [2.05, 4.69) is 10.4 Å². The molecule has 0 spiro atoms. The second-order valence-corrected chi connectivity index (χ2v) is 8.71. The van der Waals surface area contributed by atoms with E-state index in [1.165, 1.54) is 12.1 Å². The van der Waals surface area contributed by atoms with Crippen molar-refractivity contribution < 1.29 is 18.7 Å². The highest BCUT2D eigenvalue weighted by Crippen LogP contribution is 2.35. The lowest BCUT2D eigenvalue weighted by atomic mass is 10.2. The first-order valence-corrected chi connectivity index (χ1v) is 10.2. The number of anilines is 1. The Morgan fingerprint density at radius 2 is 2.06 bits per heavy atom. The van der Waals surface area contributed by atoms with Gasteiger partial charge in [-0.25, -0.2) is 14.2 Å². The van der Waals surface area contributed by atoms with E-state index in [0.29, 0.717) is 36.2 Å². The fourth-order valence-electron chi connectivity index (χ4n) is 3.43. The maximum Gasteiger partial charge on any atom is 0.413 e. The summed E-state index contributed by atoms with van der Waals surface area (Å²) >= 11 is 0. The molecule has 8 nitrogen and oxygen atoms in total. The van der Waals surface area contributed by atoms with E-state index >= 15 is 0 Å². The Kier molecular flexibility index (Phi) is 5.20. The van der Waals surface area contributed by atoms with Crippen LogP contribution < -0.4 is 10.1 Å². The summed E-state index contributed by atoms with van der Waals surface area (Å²) in [5.74, 6) is 1.20. The first-order chi connectivity index (χ1) is 14.6. The van der Waals surface area contributed by atoms with Gasteiger partial charge in [0.15, 0.2) is 5.82 Å². The van der Waals surface area contributed by atoms with Crippen molar-refractivity contribution in [3.8, 4) is 28.5 Å². The van der Waals surface area contributed by atoms with E-state index in [1.807, 2.05) is 24.6 Å². The van der Waals surface area contributed by atoms with Crippen LogP contribution in [0.1, 0.15) is 40.7 Å². The molecular weight excluding hydrogens is 401 g/mol. The molecule has 4 rings (SSSR count). The molecule has 1 N–H and O–H groups in total. The molecule has 0 fully saturated rings. The zero-order valence-electron chi connectivity index (χ0n) is 18.3. The van der Waals surface area contributed by atoms with Crippen LogP contribution in [0, 0.1) is 5.82 Å². The lowest BCUT2D eigenvalue weighted by molar-refractivity contribution is 0.0635. The van der Waals surface area contributed by atoms with Crippen LogP contribution >= 0.6 is 0 Å². The third kappa shape index (κ3) is 4.40. The molecule has 3 heterocycles. The van der Waals surface area contributed by atoms with Gasteiger partial charge in [-0.1, -0.05) is 0 Å². The van der Waals surface area contributed by atoms with E-state index in [4.69, 9.17) is 14.5 Å². The van der Waals surface area contributed by atoms with Crippen LogP contribution in [0.5, 0.6) is 5.75 Å². The predicted molar refractivity (Wildman–Crippen MR) is 115 cm³/mol. The number of rotatable bonds is 3. The molecule has 1 aromatic carbocycles. The van der Waals surface area contributed by atoms with Gasteiger partial charge in [0.2, 0.25) is 0 Å². The number of fused-ring (bicyclic) bond motifs is 3. The molecule has 0 saturated heterocycles. The average Bonchev–Trinajstić information content (AvgIpc) is 3.21. The van der Waals surface area contributed by atoms with Crippen molar-refractivity contribution in [3.63, 3.8) is 0 Å². The average molecular weight is 427 g/mol. The number of halogens is 1. The Hall–Kier alpha value is -3.36. The number of carbonyl (C=O) groups excluding carboxylic acids is 1. The summed E-state index contributed by atoms with van der Waals surface area (Å²) in [5.41, 5.74) is 1.58. The number of nitrogens with zero attached hydrogens (tertiary/aromatic N) is 4. The molecule has 0 bridgehead atoms. The van der Waals surface area contributed by atoms with Gasteiger partial charge in [-0.2, -0.15) is 5.10 Å².